The predicted molar refractivity (Wildman–Crippen MR) is 103 cm³/mol. The molecule has 1 fully saturated rings. The topological polar surface area (TPSA) is 87.4 Å². The summed E-state index contributed by atoms with van der Waals surface area (Å²) < 4.78 is 5.12. The smallest absolute Gasteiger partial charge is 0.317 e. The maximum absolute atomic E-state index is 13.0. The van der Waals surface area contributed by atoms with Gasteiger partial charge < -0.3 is 9.84 Å². The Morgan fingerprint density at radius 1 is 1.25 bits per heavy atom. The Balaban J connectivity index is 2.16. The van der Waals surface area contributed by atoms with E-state index >= 15 is 0 Å². The Morgan fingerprint density at radius 3 is 2.46 bits per heavy atom. The van der Waals surface area contributed by atoms with Gasteiger partial charge in [0.1, 0.15) is 11.5 Å². The largest absolute Gasteiger partial charge is 0.465 e. The summed E-state index contributed by atoms with van der Waals surface area (Å²) in [6.07, 6.45) is -0.331. The summed E-state index contributed by atoms with van der Waals surface area (Å²) in [4.78, 5) is 25.6. The number of benzene rings is 2. The van der Waals surface area contributed by atoms with Crippen molar-refractivity contribution < 1.29 is 19.4 Å². The number of ketones is 1. The van der Waals surface area contributed by atoms with Crippen LogP contribution in [-0.2, 0) is 19.9 Å². The number of ether oxygens (including phenoxy) is 1. The number of esters is 1. The molecule has 0 aromatic heterocycles. The number of rotatable bonds is 4. The lowest BCUT2D eigenvalue weighted by Crippen LogP contribution is -2.51. The molecule has 4 atom stereocenters. The third kappa shape index (κ3) is 3.54. The van der Waals surface area contributed by atoms with Crippen molar-refractivity contribution in [1.82, 2.24) is 0 Å². The van der Waals surface area contributed by atoms with Gasteiger partial charge in [-0.15, -0.1) is 0 Å². The molecule has 2 aromatic rings. The molecule has 144 valence electrons. The number of carbonyl (C=O) groups is 2. The van der Waals surface area contributed by atoms with Crippen molar-refractivity contribution in [1.29, 1.82) is 5.26 Å². The summed E-state index contributed by atoms with van der Waals surface area (Å²) in [7, 11) is 0. The highest BCUT2D eigenvalue weighted by molar-refractivity contribution is 6.30. The summed E-state index contributed by atoms with van der Waals surface area (Å²) in [5.74, 6) is -4.16. The molecule has 0 aliphatic heterocycles. The van der Waals surface area contributed by atoms with Crippen molar-refractivity contribution in [2.45, 2.75) is 24.9 Å². The highest BCUT2D eigenvalue weighted by Gasteiger charge is 2.56. The molecule has 2 aromatic carbocycles. The Morgan fingerprint density at radius 2 is 1.89 bits per heavy atom. The summed E-state index contributed by atoms with van der Waals surface area (Å²) in [6.45, 7) is 1.78. The van der Waals surface area contributed by atoms with Crippen molar-refractivity contribution in [3.63, 3.8) is 0 Å². The van der Waals surface area contributed by atoms with E-state index in [4.69, 9.17) is 16.3 Å². The first-order chi connectivity index (χ1) is 13.4. The Labute approximate surface area is 168 Å². The number of carbonyl (C=O) groups excluding carboxylic acids is 2. The first-order valence-corrected chi connectivity index (χ1v) is 9.42. The number of nitrogens with zero attached hydrogens (tertiary/aromatic N) is 1. The fourth-order valence-corrected chi connectivity index (χ4v) is 4.08. The highest BCUT2D eigenvalue weighted by Crippen LogP contribution is 2.50. The fraction of sp³-hybridized carbons (Fsp3) is 0.318. The van der Waals surface area contributed by atoms with E-state index in [0.29, 0.717) is 16.1 Å². The molecular formula is C22H20ClNO4. The van der Waals surface area contributed by atoms with Gasteiger partial charge in [0, 0.05) is 17.4 Å². The van der Waals surface area contributed by atoms with Crippen molar-refractivity contribution in [3.05, 3.63) is 70.7 Å². The second kappa shape index (κ2) is 8.14. The molecule has 5 nitrogen and oxygen atoms in total. The second-order valence-corrected chi connectivity index (χ2v) is 7.28. The molecule has 0 amide bonds. The van der Waals surface area contributed by atoms with Gasteiger partial charge >= 0.3 is 5.97 Å². The molecule has 1 N–H and O–H groups in total. The van der Waals surface area contributed by atoms with Crippen molar-refractivity contribution in [3.8, 4) is 6.07 Å². The van der Waals surface area contributed by atoms with Crippen LogP contribution in [-0.4, -0.2) is 23.5 Å². The molecule has 28 heavy (non-hydrogen) atoms. The van der Waals surface area contributed by atoms with E-state index in [1.165, 1.54) is 0 Å². The Bertz CT molecular complexity index is 906. The van der Waals surface area contributed by atoms with Crippen molar-refractivity contribution in [2.75, 3.05) is 6.61 Å². The van der Waals surface area contributed by atoms with Gasteiger partial charge in [0.25, 0.3) is 0 Å². The first-order valence-electron chi connectivity index (χ1n) is 9.04. The highest BCUT2D eigenvalue weighted by atomic mass is 35.5. The fourth-order valence-electron chi connectivity index (χ4n) is 3.95. The van der Waals surface area contributed by atoms with Crippen LogP contribution in [0.5, 0.6) is 0 Å². The molecule has 3 rings (SSSR count). The minimum absolute atomic E-state index is 0.121. The zero-order valence-electron chi connectivity index (χ0n) is 15.3. The van der Waals surface area contributed by atoms with E-state index in [9.17, 15) is 20.0 Å². The van der Waals surface area contributed by atoms with Crippen LogP contribution in [0, 0.1) is 23.2 Å². The van der Waals surface area contributed by atoms with Gasteiger partial charge in [0.05, 0.1) is 18.6 Å². The minimum Gasteiger partial charge on any atom is -0.465 e. The SMILES string of the molecule is CCOC(=O)[C@@H]1C(=O)C[C@](O)(c2ccccc2)[C@@H](C#N)[C@H]1c1ccc(Cl)cc1. The van der Waals surface area contributed by atoms with Gasteiger partial charge in [-0.25, -0.2) is 0 Å². The standard InChI is InChI=1S/C22H20ClNO4/c1-2-28-21(26)20-18(25)12-22(27,15-6-4-3-5-7-15)17(13-24)19(20)14-8-10-16(23)11-9-14/h3-11,17,19-20,27H,2,12H2,1H3/t17-,19+,20+,22-/m0/s1. The van der Waals surface area contributed by atoms with Gasteiger partial charge in [0.2, 0.25) is 0 Å². The lowest BCUT2D eigenvalue weighted by Gasteiger charge is -2.44. The maximum Gasteiger partial charge on any atom is 0.317 e. The van der Waals surface area contributed by atoms with Crippen LogP contribution < -0.4 is 0 Å². The van der Waals surface area contributed by atoms with E-state index in [2.05, 4.69) is 6.07 Å². The molecule has 0 spiro atoms. The summed E-state index contributed by atoms with van der Waals surface area (Å²) in [5.41, 5.74) is -0.659. The Kier molecular flexibility index (Phi) is 5.83. The van der Waals surface area contributed by atoms with Crippen LogP contribution in [0.25, 0.3) is 0 Å². The predicted octanol–water partition coefficient (Wildman–Crippen LogP) is 3.60. The lowest BCUT2D eigenvalue weighted by atomic mass is 9.60. The average Bonchev–Trinajstić information content (AvgIpc) is 2.69. The molecule has 0 bridgehead atoms. The molecule has 1 saturated carbocycles. The van der Waals surface area contributed by atoms with Crippen LogP contribution in [0.1, 0.15) is 30.4 Å². The molecule has 0 heterocycles. The van der Waals surface area contributed by atoms with Gasteiger partial charge in [-0.1, -0.05) is 54.1 Å². The number of Topliss-reactive ketones (excluding diaryl/α,β-unsaturated/α-hetero) is 1. The van der Waals surface area contributed by atoms with Crippen LogP contribution in [0.2, 0.25) is 5.02 Å². The minimum atomic E-state index is -1.71. The maximum atomic E-state index is 13.0. The molecule has 6 heteroatoms. The first kappa shape index (κ1) is 20.1. The quantitative estimate of drug-likeness (QED) is 0.629. The number of nitriles is 1. The molecule has 1 aliphatic rings. The molecular weight excluding hydrogens is 378 g/mol. The average molecular weight is 398 g/mol. The van der Waals surface area contributed by atoms with Crippen molar-refractivity contribution in [2.24, 2.45) is 11.8 Å². The third-order valence-corrected chi connectivity index (χ3v) is 5.48. The van der Waals surface area contributed by atoms with Crippen LogP contribution in [0.15, 0.2) is 54.6 Å². The number of hydrogen-bond acceptors (Lipinski definition) is 5. The zero-order valence-corrected chi connectivity index (χ0v) is 16.1. The molecule has 0 saturated heterocycles. The van der Waals surface area contributed by atoms with E-state index in [1.807, 2.05) is 0 Å². The summed E-state index contributed by atoms with van der Waals surface area (Å²) in [5, 5.41) is 21.9. The second-order valence-electron chi connectivity index (χ2n) is 6.85. The lowest BCUT2D eigenvalue weighted by molar-refractivity contribution is -0.161. The van der Waals surface area contributed by atoms with Crippen LogP contribution in [0.3, 0.4) is 0 Å². The van der Waals surface area contributed by atoms with Gasteiger partial charge in [-0.2, -0.15) is 5.26 Å². The van der Waals surface area contributed by atoms with Crippen molar-refractivity contribution >= 4 is 23.4 Å². The van der Waals surface area contributed by atoms with E-state index in [0.717, 1.165) is 0 Å². The van der Waals surface area contributed by atoms with Gasteiger partial charge in [-0.3, -0.25) is 9.59 Å². The van der Waals surface area contributed by atoms with E-state index in [1.54, 1.807) is 61.5 Å². The normalized spacial score (nSPS) is 27.1. The van der Waals surface area contributed by atoms with Crippen LogP contribution in [0.4, 0.5) is 0 Å². The number of aliphatic hydroxyl groups is 1. The Hall–Kier alpha value is -2.68. The van der Waals surface area contributed by atoms with Gasteiger partial charge in [-0.05, 0) is 30.2 Å². The molecule has 0 unspecified atom stereocenters. The molecule has 1 aliphatic carbocycles. The third-order valence-electron chi connectivity index (χ3n) is 5.23. The number of hydrogen-bond donors (Lipinski definition) is 1. The summed E-state index contributed by atoms with van der Waals surface area (Å²) in [6, 6.07) is 17.4. The molecule has 0 radical (unpaired) electrons. The number of halogens is 1. The monoisotopic (exact) mass is 397 g/mol. The van der Waals surface area contributed by atoms with Gasteiger partial charge in [0.15, 0.2) is 5.78 Å². The van der Waals surface area contributed by atoms with E-state index < -0.39 is 35.1 Å². The van der Waals surface area contributed by atoms with E-state index in [-0.39, 0.29) is 13.0 Å². The summed E-state index contributed by atoms with van der Waals surface area (Å²) >= 11 is 5.98. The zero-order chi connectivity index (χ0) is 20.3. The van der Waals surface area contributed by atoms with Crippen LogP contribution >= 0.6 is 11.6 Å².